The number of aromatic nitrogens is 2. The highest BCUT2D eigenvalue weighted by atomic mass is 35.5. The molecule has 0 fully saturated rings. The Labute approximate surface area is 191 Å². The molecule has 1 aliphatic rings. The number of carbonyl (C=O) groups excluding carboxylic acids is 3. The van der Waals surface area contributed by atoms with Gasteiger partial charge in [-0.15, -0.1) is 0 Å². The maximum atomic E-state index is 12.6. The number of fused-ring (bicyclic) bond motifs is 1. The van der Waals surface area contributed by atoms with Gasteiger partial charge in [0, 0.05) is 5.56 Å². The van der Waals surface area contributed by atoms with Gasteiger partial charge >= 0.3 is 5.97 Å². The van der Waals surface area contributed by atoms with Gasteiger partial charge in [-0.1, -0.05) is 40.5 Å². The predicted molar refractivity (Wildman–Crippen MR) is 113 cm³/mol. The lowest BCUT2D eigenvalue weighted by Crippen LogP contribution is -2.43. The van der Waals surface area contributed by atoms with Crippen molar-refractivity contribution in [2.75, 3.05) is 7.11 Å². The summed E-state index contributed by atoms with van der Waals surface area (Å²) in [5.74, 6) is -1.19. The zero-order chi connectivity index (χ0) is 23.0. The molecule has 2 amide bonds. The van der Waals surface area contributed by atoms with Crippen LogP contribution in [-0.2, 0) is 16.1 Å². The molecule has 11 heteroatoms. The van der Waals surface area contributed by atoms with E-state index in [1.165, 1.54) is 19.1 Å². The Kier molecular flexibility index (Phi) is 5.86. The molecule has 0 aliphatic carbocycles. The zero-order valence-electron chi connectivity index (χ0n) is 16.8. The van der Waals surface area contributed by atoms with Gasteiger partial charge in [0.25, 0.3) is 17.7 Å². The van der Waals surface area contributed by atoms with Crippen LogP contribution in [0.1, 0.15) is 33.5 Å². The number of ether oxygens (including phenoxy) is 2. The number of methoxy groups -OCH3 is 1. The first-order valence-corrected chi connectivity index (χ1v) is 10.1. The number of imide groups is 1. The van der Waals surface area contributed by atoms with Gasteiger partial charge in [0.05, 0.1) is 28.3 Å². The number of amides is 2. The van der Waals surface area contributed by atoms with E-state index in [1.54, 1.807) is 31.4 Å². The minimum atomic E-state index is -1.19. The molecule has 2 heterocycles. The van der Waals surface area contributed by atoms with E-state index in [2.05, 4.69) is 10.1 Å². The normalized spacial score (nSPS) is 13.8. The summed E-state index contributed by atoms with van der Waals surface area (Å²) < 4.78 is 15.5. The summed E-state index contributed by atoms with van der Waals surface area (Å²) in [6.07, 6.45) is 0. The monoisotopic (exact) mass is 475 g/mol. The van der Waals surface area contributed by atoms with Crippen LogP contribution in [0, 0.1) is 0 Å². The second kappa shape index (κ2) is 8.60. The molecule has 0 radical (unpaired) electrons. The average Bonchev–Trinajstić information content (AvgIpc) is 3.36. The van der Waals surface area contributed by atoms with Crippen LogP contribution < -0.4 is 4.74 Å². The number of halogens is 2. The van der Waals surface area contributed by atoms with E-state index in [4.69, 9.17) is 37.2 Å². The maximum Gasteiger partial charge on any atom is 0.329 e. The molecule has 0 bridgehead atoms. The molecular weight excluding hydrogens is 461 g/mol. The second-order valence-electron chi connectivity index (χ2n) is 6.82. The van der Waals surface area contributed by atoms with Crippen molar-refractivity contribution in [3.63, 3.8) is 0 Å². The highest BCUT2D eigenvalue weighted by molar-refractivity contribution is 6.43. The van der Waals surface area contributed by atoms with Crippen LogP contribution in [-0.4, -0.2) is 46.0 Å². The molecule has 1 aromatic heterocycles. The van der Waals surface area contributed by atoms with Crippen molar-refractivity contribution >= 4 is 41.0 Å². The lowest BCUT2D eigenvalue weighted by atomic mass is 10.1. The van der Waals surface area contributed by atoms with E-state index in [-0.39, 0.29) is 39.5 Å². The number of nitrogens with zero attached hydrogens (tertiary/aromatic N) is 3. The lowest BCUT2D eigenvalue weighted by Gasteiger charge is -2.20. The van der Waals surface area contributed by atoms with Gasteiger partial charge in [-0.3, -0.25) is 14.5 Å². The topological polar surface area (TPSA) is 112 Å². The van der Waals surface area contributed by atoms with E-state index in [9.17, 15) is 14.4 Å². The Hall–Kier alpha value is -3.43. The summed E-state index contributed by atoms with van der Waals surface area (Å²) in [4.78, 5) is 42.8. The highest BCUT2D eigenvalue weighted by Gasteiger charge is 2.42. The highest BCUT2D eigenvalue weighted by Crippen LogP contribution is 2.32. The van der Waals surface area contributed by atoms with Crippen molar-refractivity contribution in [3.8, 4) is 17.1 Å². The molecular formula is C21H15Cl2N3O6. The van der Waals surface area contributed by atoms with E-state index >= 15 is 0 Å². The Balaban J connectivity index is 1.43. The summed E-state index contributed by atoms with van der Waals surface area (Å²) in [5, 5.41) is 4.12. The summed E-state index contributed by atoms with van der Waals surface area (Å²) in [5.41, 5.74) is 0.801. The summed E-state index contributed by atoms with van der Waals surface area (Å²) in [6.45, 7) is 1.05. The third-order valence-electron chi connectivity index (χ3n) is 4.82. The smallest absolute Gasteiger partial charge is 0.329 e. The fourth-order valence-corrected chi connectivity index (χ4v) is 3.48. The van der Waals surface area contributed by atoms with Crippen molar-refractivity contribution in [2.45, 2.75) is 19.6 Å². The van der Waals surface area contributed by atoms with Crippen molar-refractivity contribution in [2.24, 2.45) is 0 Å². The van der Waals surface area contributed by atoms with Gasteiger partial charge in [0.1, 0.15) is 11.8 Å². The minimum Gasteiger partial charge on any atom is -0.497 e. The van der Waals surface area contributed by atoms with Gasteiger partial charge in [0.2, 0.25) is 5.82 Å². The van der Waals surface area contributed by atoms with Crippen molar-refractivity contribution in [1.82, 2.24) is 15.0 Å². The average molecular weight is 476 g/mol. The third kappa shape index (κ3) is 3.92. The molecule has 4 rings (SSSR count). The fourth-order valence-electron chi connectivity index (χ4n) is 3.16. The Morgan fingerprint density at radius 2 is 1.78 bits per heavy atom. The molecule has 0 unspecified atom stereocenters. The number of rotatable bonds is 6. The van der Waals surface area contributed by atoms with Crippen LogP contribution in [0.4, 0.5) is 0 Å². The van der Waals surface area contributed by atoms with E-state index in [0.717, 1.165) is 4.90 Å². The largest absolute Gasteiger partial charge is 0.497 e. The SMILES string of the molecule is COc1cccc(-c2noc(COC(=O)[C@H](C)N3C(=O)c4cc(Cl)c(Cl)cc4C3=O)n2)c1. The molecule has 164 valence electrons. The Bertz CT molecular complexity index is 1200. The van der Waals surface area contributed by atoms with Gasteiger partial charge in [-0.05, 0) is 31.2 Å². The first-order chi connectivity index (χ1) is 15.3. The standard InChI is InChI=1S/C21H15Cl2N3O6/c1-10(26-19(27)13-7-15(22)16(23)8-14(13)20(26)28)21(29)31-9-17-24-18(25-32-17)11-4-3-5-12(6-11)30-2/h3-8,10H,9H2,1-2H3/t10-/m0/s1. The van der Waals surface area contributed by atoms with Gasteiger partial charge in [0.15, 0.2) is 6.61 Å². The molecule has 0 N–H and O–H groups in total. The molecule has 0 spiro atoms. The van der Waals surface area contributed by atoms with E-state index in [0.29, 0.717) is 11.3 Å². The number of hydrogen-bond donors (Lipinski definition) is 0. The van der Waals surface area contributed by atoms with Crippen molar-refractivity contribution in [3.05, 3.63) is 63.5 Å². The molecule has 1 aliphatic heterocycles. The van der Waals surface area contributed by atoms with Crippen LogP contribution in [0.3, 0.4) is 0 Å². The summed E-state index contributed by atoms with van der Waals surface area (Å²) >= 11 is 11.9. The van der Waals surface area contributed by atoms with Crippen LogP contribution >= 0.6 is 23.2 Å². The number of benzene rings is 2. The molecule has 32 heavy (non-hydrogen) atoms. The van der Waals surface area contributed by atoms with Gasteiger partial charge in [-0.2, -0.15) is 4.98 Å². The number of carbonyl (C=O) groups is 3. The first-order valence-electron chi connectivity index (χ1n) is 9.30. The fraction of sp³-hybridized carbons (Fsp3) is 0.190. The van der Waals surface area contributed by atoms with Crippen molar-refractivity contribution in [1.29, 1.82) is 0 Å². The molecule has 9 nitrogen and oxygen atoms in total. The predicted octanol–water partition coefficient (Wildman–Crippen LogP) is 3.78. The Morgan fingerprint density at radius 3 is 2.41 bits per heavy atom. The quantitative estimate of drug-likeness (QED) is 0.391. The minimum absolute atomic E-state index is 0.0456. The molecule has 3 aromatic rings. The molecule has 1 atom stereocenters. The molecule has 0 saturated carbocycles. The van der Waals surface area contributed by atoms with Crippen LogP contribution in [0.15, 0.2) is 40.9 Å². The molecule has 2 aromatic carbocycles. The third-order valence-corrected chi connectivity index (χ3v) is 5.54. The molecule has 0 saturated heterocycles. The Morgan fingerprint density at radius 1 is 1.12 bits per heavy atom. The van der Waals surface area contributed by atoms with Crippen LogP contribution in [0.25, 0.3) is 11.4 Å². The number of esters is 1. The summed E-state index contributed by atoms with van der Waals surface area (Å²) in [7, 11) is 1.54. The van der Waals surface area contributed by atoms with E-state index < -0.39 is 23.8 Å². The maximum absolute atomic E-state index is 12.6. The zero-order valence-corrected chi connectivity index (χ0v) is 18.3. The van der Waals surface area contributed by atoms with Crippen LogP contribution in [0.2, 0.25) is 10.0 Å². The van der Waals surface area contributed by atoms with Crippen molar-refractivity contribution < 1.29 is 28.4 Å². The van der Waals surface area contributed by atoms with Crippen LogP contribution in [0.5, 0.6) is 5.75 Å². The lowest BCUT2D eigenvalue weighted by molar-refractivity contribution is -0.149. The number of hydrogen-bond acceptors (Lipinski definition) is 8. The summed E-state index contributed by atoms with van der Waals surface area (Å²) in [6, 6.07) is 8.45. The van der Waals surface area contributed by atoms with Gasteiger partial charge in [-0.25, -0.2) is 4.79 Å². The van der Waals surface area contributed by atoms with E-state index in [1.807, 2.05) is 0 Å². The first kappa shape index (κ1) is 21.8. The van der Waals surface area contributed by atoms with Gasteiger partial charge < -0.3 is 14.0 Å². The second-order valence-corrected chi connectivity index (χ2v) is 7.63.